The van der Waals surface area contributed by atoms with E-state index in [2.05, 4.69) is 21.7 Å². The van der Waals surface area contributed by atoms with Gasteiger partial charge in [0.2, 0.25) is 5.91 Å². The smallest absolute Gasteiger partial charge is 0.261 e. The van der Waals surface area contributed by atoms with Crippen molar-refractivity contribution in [2.75, 3.05) is 18.0 Å². The van der Waals surface area contributed by atoms with Crippen LogP contribution in [0.2, 0.25) is 0 Å². The van der Waals surface area contributed by atoms with E-state index in [1.54, 1.807) is 23.4 Å². The summed E-state index contributed by atoms with van der Waals surface area (Å²) < 4.78 is 35.8. The second kappa shape index (κ2) is 11.1. The van der Waals surface area contributed by atoms with Gasteiger partial charge in [0.25, 0.3) is 5.56 Å². The molecule has 1 amide bonds. The van der Waals surface area contributed by atoms with Gasteiger partial charge in [0, 0.05) is 53.6 Å². The highest BCUT2D eigenvalue weighted by molar-refractivity contribution is 6.03. The summed E-state index contributed by atoms with van der Waals surface area (Å²) in [6.07, 6.45) is 4.94. The molecule has 2 aromatic carbocycles. The number of carbonyl (C=O) groups excluding carboxylic acids is 1. The summed E-state index contributed by atoms with van der Waals surface area (Å²) in [5, 5.41) is 7.95. The number of piperazine rings is 1. The Morgan fingerprint density at radius 2 is 1.83 bits per heavy atom. The lowest BCUT2D eigenvalue weighted by Gasteiger charge is -2.43. The zero-order chi connectivity index (χ0) is 33.5. The molecule has 0 bridgehead atoms. The van der Waals surface area contributed by atoms with Gasteiger partial charge in [-0.3, -0.25) is 24.2 Å². The summed E-state index contributed by atoms with van der Waals surface area (Å²) in [6, 6.07) is 6.47. The van der Waals surface area contributed by atoms with Crippen molar-refractivity contribution >= 4 is 33.4 Å². The van der Waals surface area contributed by atoms with Crippen LogP contribution in [-0.4, -0.2) is 55.7 Å². The lowest BCUT2D eigenvalue weighted by molar-refractivity contribution is -0.128. The number of nitrogens with one attached hydrogen (secondary N) is 1. The largest absolute Gasteiger partial charge is 0.363 e. The molecule has 0 spiro atoms. The fraction of sp³-hybridized carbons (Fsp3) is 0.351. The van der Waals surface area contributed by atoms with E-state index in [4.69, 9.17) is 4.98 Å². The third-order valence-corrected chi connectivity index (χ3v) is 9.90. The number of aryl methyl sites for hydroxylation is 1. The van der Waals surface area contributed by atoms with Gasteiger partial charge in [0.15, 0.2) is 5.82 Å². The van der Waals surface area contributed by atoms with E-state index in [-0.39, 0.29) is 46.5 Å². The minimum Gasteiger partial charge on any atom is -0.363 e. The maximum atomic E-state index is 17.7. The Kier molecular flexibility index (Phi) is 7.29. The van der Waals surface area contributed by atoms with Crippen LogP contribution in [0.4, 0.5) is 14.5 Å². The minimum atomic E-state index is -0.818. The number of H-pyrrole nitrogens is 1. The van der Waals surface area contributed by atoms with E-state index in [1.807, 2.05) is 53.7 Å². The van der Waals surface area contributed by atoms with Crippen molar-refractivity contribution in [3.8, 4) is 16.8 Å². The lowest BCUT2D eigenvalue weighted by atomic mass is 9.93. The third-order valence-electron chi connectivity index (χ3n) is 9.90. The highest BCUT2D eigenvalue weighted by Gasteiger charge is 2.42. The van der Waals surface area contributed by atoms with Crippen LogP contribution in [0, 0.1) is 18.6 Å². The van der Waals surface area contributed by atoms with Gasteiger partial charge in [-0.2, -0.15) is 5.10 Å². The van der Waals surface area contributed by atoms with E-state index >= 15 is 8.78 Å². The normalized spacial score (nSPS) is 17.7. The summed E-state index contributed by atoms with van der Waals surface area (Å²) in [7, 11) is 0. The van der Waals surface area contributed by atoms with Crippen molar-refractivity contribution in [1.29, 1.82) is 0 Å². The van der Waals surface area contributed by atoms with Gasteiger partial charge in [-0.1, -0.05) is 40.3 Å². The topological polar surface area (TPSA) is 87.1 Å². The number of aromatic nitrogens is 4. The summed E-state index contributed by atoms with van der Waals surface area (Å²) in [4.78, 5) is 36.2. The number of rotatable bonds is 5. The number of aromatic amines is 1. The molecular formula is C37H38F2N6O2. The average molecular weight is 637 g/mol. The fourth-order valence-corrected chi connectivity index (χ4v) is 7.69. The number of anilines is 1. The van der Waals surface area contributed by atoms with Crippen LogP contribution in [0.1, 0.15) is 68.8 Å². The molecular weight excluding hydrogens is 598 g/mol. The molecule has 2 aliphatic heterocycles. The van der Waals surface area contributed by atoms with Crippen LogP contribution in [0.25, 0.3) is 38.6 Å². The summed E-state index contributed by atoms with van der Waals surface area (Å²) in [5.74, 6) is -1.83. The Hall–Kier alpha value is -4.86. The molecule has 47 heavy (non-hydrogen) atoms. The maximum absolute atomic E-state index is 17.7. The number of fused-ring (bicyclic) bond motifs is 6. The van der Waals surface area contributed by atoms with Crippen LogP contribution in [0.15, 0.2) is 54.1 Å². The second-order valence-corrected chi connectivity index (χ2v) is 13.5. The first kappa shape index (κ1) is 30.8. The van der Waals surface area contributed by atoms with Crippen LogP contribution in [0.3, 0.4) is 0 Å². The fourth-order valence-electron chi connectivity index (χ4n) is 7.69. The number of halogens is 2. The van der Waals surface area contributed by atoms with Gasteiger partial charge in [0.05, 0.1) is 45.9 Å². The molecule has 0 aliphatic carbocycles. The third kappa shape index (κ3) is 4.52. The molecule has 8 nitrogen and oxygen atoms in total. The van der Waals surface area contributed by atoms with Gasteiger partial charge < -0.3 is 9.80 Å². The van der Waals surface area contributed by atoms with Crippen LogP contribution < -0.4 is 10.5 Å². The van der Waals surface area contributed by atoms with Crippen LogP contribution in [-0.2, 0) is 11.2 Å². The molecule has 0 radical (unpaired) electrons. The molecule has 242 valence electrons. The number of pyridine rings is 2. The van der Waals surface area contributed by atoms with Crippen molar-refractivity contribution in [2.45, 2.75) is 71.9 Å². The van der Waals surface area contributed by atoms with E-state index < -0.39 is 11.6 Å². The lowest BCUT2D eigenvalue weighted by Crippen LogP contribution is -2.57. The number of hydrogen-bond acceptors (Lipinski definition) is 5. The standard InChI is InChI=1S/C37H38F2N6O2/c1-8-29(46)43-17-22-13-25-34(44(22)16-21(43)7)24-14-27(38)31(30-20(6)9-10-28-26(30)15-41-42-28)32(39)35(24)45(37(25)47)36-23(18(2)3)11-12-40-33(36)19(4)5/h8-12,14-15,18-19,21-22H,1,13,16-17H2,2-7H3,(H,41,42). The number of carbonyl (C=O) groups is 1. The number of amides is 1. The first-order valence-electron chi connectivity index (χ1n) is 16.2. The Morgan fingerprint density at radius 3 is 2.53 bits per heavy atom. The summed E-state index contributed by atoms with van der Waals surface area (Å²) in [6.45, 7) is 16.2. The second-order valence-electron chi connectivity index (χ2n) is 13.5. The maximum Gasteiger partial charge on any atom is 0.261 e. The van der Waals surface area contributed by atoms with Crippen molar-refractivity contribution < 1.29 is 13.6 Å². The first-order valence-corrected chi connectivity index (χ1v) is 16.2. The molecule has 2 aliphatic rings. The molecule has 2 unspecified atom stereocenters. The molecule has 2 atom stereocenters. The quantitative estimate of drug-likeness (QED) is 0.212. The van der Waals surface area contributed by atoms with Gasteiger partial charge in [-0.25, -0.2) is 8.78 Å². The summed E-state index contributed by atoms with van der Waals surface area (Å²) >= 11 is 0. The first-order chi connectivity index (χ1) is 22.4. The monoisotopic (exact) mass is 636 g/mol. The Morgan fingerprint density at radius 1 is 1.06 bits per heavy atom. The molecule has 0 saturated carbocycles. The van der Waals surface area contributed by atoms with E-state index in [1.165, 1.54) is 16.7 Å². The zero-order valence-electron chi connectivity index (χ0n) is 27.5. The van der Waals surface area contributed by atoms with E-state index in [9.17, 15) is 9.59 Å². The number of benzene rings is 2. The van der Waals surface area contributed by atoms with Crippen molar-refractivity contribution in [1.82, 2.24) is 24.6 Å². The highest BCUT2D eigenvalue weighted by Crippen LogP contribution is 2.45. The average Bonchev–Trinajstić information content (AvgIpc) is 3.66. The SMILES string of the molecule is C=CC(=O)N1CC2Cc3c(c4cc(F)c(-c5c(C)ccc6[nH]ncc56)c(F)c4n(-c4c(C(C)C)ccnc4C(C)C)c3=O)N2CC1C. The number of nitrogens with zero attached hydrogens (tertiary/aromatic N) is 5. The van der Waals surface area contributed by atoms with Gasteiger partial charge in [0.1, 0.15) is 5.82 Å². The highest BCUT2D eigenvalue weighted by atomic mass is 19.1. The van der Waals surface area contributed by atoms with Gasteiger partial charge >= 0.3 is 0 Å². The zero-order valence-corrected chi connectivity index (χ0v) is 27.5. The number of hydrogen-bond donors (Lipinski definition) is 1. The summed E-state index contributed by atoms with van der Waals surface area (Å²) in [5.41, 5.74) is 4.21. The van der Waals surface area contributed by atoms with Crippen LogP contribution >= 0.6 is 0 Å². The molecule has 7 rings (SSSR count). The molecule has 3 aromatic heterocycles. The molecule has 1 saturated heterocycles. The van der Waals surface area contributed by atoms with E-state index in [0.29, 0.717) is 69.6 Å². The van der Waals surface area contributed by atoms with Crippen molar-refractivity contribution in [3.63, 3.8) is 0 Å². The molecule has 5 aromatic rings. The molecule has 1 fully saturated rings. The minimum absolute atomic E-state index is 0.0137. The van der Waals surface area contributed by atoms with Crippen molar-refractivity contribution in [2.24, 2.45) is 0 Å². The van der Waals surface area contributed by atoms with E-state index in [0.717, 1.165) is 5.56 Å². The predicted molar refractivity (Wildman–Crippen MR) is 181 cm³/mol. The van der Waals surface area contributed by atoms with Crippen molar-refractivity contribution in [3.05, 3.63) is 93.7 Å². The Labute approximate surface area is 271 Å². The molecule has 10 heteroatoms. The van der Waals surface area contributed by atoms with Gasteiger partial charge in [-0.05, 0) is 61.1 Å². The molecule has 1 N–H and O–H groups in total. The van der Waals surface area contributed by atoms with Gasteiger partial charge in [-0.15, -0.1) is 0 Å². The Bertz CT molecular complexity index is 2160. The Balaban J connectivity index is 1.63. The molecule has 5 heterocycles. The predicted octanol–water partition coefficient (Wildman–Crippen LogP) is 6.91. The van der Waals surface area contributed by atoms with Crippen LogP contribution in [0.5, 0.6) is 0 Å².